The minimum absolute atomic E-state index is 0.957. The second-order valence-corrected chi connectivity index (χ2v) is 7.11. The topological polar surface area (TPSA) is 153 Å². The van der Waals surface area contributed by atoms with Crippen molar-refractivity contribution in [3.05, 3.63) is 18.7 Å². The molecule has 11 heteroatoms. The molecule has 0 aliphatic rings. The van der Waals surface area contributed by atoms with Crippen LogP contribution in [0, 0.1) is 0 Å². The standard InChI is InChI=1S/C5H10N2O7P2/c8-5(15(9,10)11,16(12,13)14)3-7-2-1-6-4-7/h1-2,4,8H,3H2,(H2,9,10,11)(H2,12,13,14)/i3+1,5+1,6+1,7+1. The third-order valence-electron chi connectivity index (χ3n) is 1.89. The fraction of sp³-hybridized carbons (Fsp3) is 0.400. The normalized spacial score (nSPS) is 14.1. The Morgan fingerprint density at radius 1 is 1.19 bits per heavy atom. The van der Waals surface area contributed by atoms with Crippen molar-refractivity contribution in [2.45, 2.75) is 11.6 Å². The van der Waals surface area contributed by atoms with E-state index >= 15 is 0 Å². The zero-order valence-electron chi connectivity index (χ0n) is 7.78. The van der Waals surface area contributed by atoms with Crippen LogP contribution in [0.5, 0.6) is 0 Å². The predicted molar refractivity (Wildman–Crippen MR) is 51.3 cm³/mol. The van der Waals surface area contributed by atoms with E-state index in [4.69, 9.17) is 19.6 Å². The van der Waals surface area contributed by atoms with E-state index in [1.165, 1.54) is 12.4 Å². The highest BCUT2D eigenvalue weighted by atomic mass is 31.2. The molecule has 92 valence electrons. The third kappa shape index (κ3) is 2.41. The average molecular weight is 276 g/mol. The van der Waals surface area contributed by atoms with E-state index in [0.717, 1.165) is 10.9 Å². The lowest BCUT2D eigenvalue weighted by atomic mass is 11.0. The van der Waals surface area contributed by atoms with Gasteiger partial charge in [-0.05, 0) is 0 Å². The lowest BCUT2D eigenvalue weighted by Crippen LogP contribution is -2.33. The molecule has 0 atom stereocenters. The largest absolute Gasteiger partial charge is 0.371 e. The van der Waals surface area contributed by atoms with Gasteiger partial charge in [0.1, 0.15) is 0 Å². The van der Waals surface area contributed by atoms with Crippen molar-refractivity contribution in [1.82, 2.24) is 9.55 Å². The van der Waals surface area contributed by atoms with Gasteiger partial charge in [0.25, 0.3) is 5.08 Å². The molecular formula is C5H10N2O7P2. The van der Waals surface area contributed by atoms with Crippen molar-refractivity contribution in [2.24, 2.45) is 0 Å². The summed E-state index contributed by atoms with van der Waals surface area (Å²) in [6.45, 7) is -0.957. The van der Waals surface area contributed by atoms with Gasteiger partial charge in [0, 0.05) is 12.4 Å². The zero-order valence-corrected chi connectivity index (χ0v) is 9.57. The van der Waals surface area contributed by atoms with Gasteiger partial charge in [-0.25, -0.2) is 4.98 Å². The van der Waals surface area contributed by atoms with Crippen LogP contribution in [0.3, 0.4) is 0 Å². The second kappa shape index (κ2) is 4.05. The molecule has 16 heavy (non-hydrogen) atoms. The summed E-state index contributed by atoms with van der Waals surface area (Å²) in [6, 6.07) is 0. The number of hydrogen-bond donors (Lipinski definition) is 5. The summed E-state index contributed by atoms with van der Waals surface area (Å²) in [4.78, 5) is 38.7. The summed E-state index contributed by atoms with van der Waals surface area (Å²) in [5.41, 5.74) is 0. The SMILES string of the molecule is O=P(O)(O)[13C](O)([13CH2][15n]1cc[15n]c1)P(=O)(O)O. The first kappa shape index (κ1) is 13.5. The van der Waals surface area contributed by atoms with E-state index in [9.17, 15) is 14.2 Å². The van der Waals surface area contributed by atoms with Gasteiger partial charge in [0.15, 0.2) is 0 Å². The summed E-state index contributed by atoms with van der Waals surface area (Å²) >= 11 is 0. The van der Waals surface area contributed by atoms with Crippen LogP contribution in [-0.2, 0) is 15.7 Å². The molecule has 0 saturated heterocycles. The van der Waals surface area contributed by atoms with E-state index in [-0.39, 0.29) is 0 Å². The summed E-state index contributed by atoms with van der Waals surface area (Å²) in [6.07, 6.45) is 3.51. The maximum absolute atomic E-state index is 10.9. The number of nitrogens with zero attached hydrogens (tertiary/aromatic N) is 2. The van der Waals surface area contributed by atoms with E-state index in [2.05, 4.69) is 4.98 Å². The van der Waals surface area contributed by atoms with Gasteiger partial charge >= 0.3 is 15.2 Å². The number of imidazole rings is 1. The van der Waals surface area contributed by atoms with Crippen LogP contribution in [0.2, 0.25) is 0 Å². The molecule has 0 bridgehead atoms. The highest BCUT2D eigenvalue weighted by Crippen LogP contribution is 2.67. The van der Waals surface area contributed by atoms with E-state index in [1.54, 1.807) is 0 Å². The molecule has 1 rings (SSSR count). The Bertz CT molecular complexity index is 423. The number of hydrogen-bond acceptors (Lipinski definition) is 4. The quantitative estimate of drug-likeness (QED) is 0.342. The summed E-state index contributed by atoms with van der Waals surface area (Å²) in [7, 11) is -10.8. The van der Waals surface area contributed by atoms with Gasteiger partial charge in [0.2, 0.25) is 0 Å². The van der Waals surface area contributed by atoms with Crippen molar-refractivity contribution in [1.29, 1.82) is 0 Å². The molecule has 5 N–H and O–H groups in total. The monoisotopic (exact) mass is 276 g/mol. The van der Waals surface area contributed by atoms with Gasteiger partial charge in [-0.3, -0.25) is 9.13 Å². The van der Waals surface area contributed by atoms with Crippen LogP contribution in [-0.4, -0.2) is 39.3 Å². The molecule has 1 aromatic heterocycles. The van der Waals surface area contributed by atoms with Gasteiger partial charge in [-0.15, -0.1) is 0 Å². The second-order valence-electron chi connectivity index (χ2n) is 3.10. The molecule has 0 radical (unpaired) electrons. The fourth-order valence-electron chi connectivity index (χ4n) is 0.979. The fourth-order valence-corrected chi connectivity index (χ4v) is 3.03. The molecule has 0 fully saturated rings. The molecule has 0 aliphatic carbocycles. The van der Waals surface area contributed by atoms with Crippen LogP contribution in [0.25, 0.3) is 0 Å². The highest BCUT2D eigenvalue weighted by Gasteiger charge is 2.59. The van der Waals surface area contributed by atoms with Crippen LogP contribution < -0.4 is 0 Å². The maximum atomic E-state index is 10.9. The van der Waals surface area contributed by atoms with Crippen molar-refractivity contribution in [2.75, 3.05) is 0 Å². The first-order valence-corrected chi connectivity index (χ1v) is 7.10. The third-order valence-corrected chi connectivity index (χ3v) is 5.60. The molecular weight excluding hydrogens is 266 g/mol. The highest BCUT2D eigenvalue weighted by molar-refractivity contribution is 7.72. The molecule has 0 amide bonds. The van der Waals surface area contributed by atoms with Gasteiger partial charge in [0.05, 0.1) is 12.9 Å². The lowest BCUT2D eigenvalue weighted by Gasteiger charge is -2.29. The predicted octanol–water partition coefficient (Wildman–Crippen LogP) is -1.12. The summed E-state index contributed by atoms with van der Waals surface area (Å²) in [5, 5.41) is 6.04. The van der Waals surface area contributed by atoms with E-state index in [1.807, 2.05) is 0 Å². The Labute approximate surface area is 89.7 Å². The minimum Gasteiger partial charge on any atom is -0.366 e. The first-order valence-electron chi connectivity index (χ1n) is 3.87. The van der Waals surface area contributed by atoms with Crippen LogP contribution in [0.4, 0.5) is 0 Å². The van der Waals surface area contributed by atoms with Gasteiger partial charge in [-0.2, -0.15) is 0 Å². The van der Waals surface area contributed by atoms with Crippen molar-refractivity contribution in [3.8, 4) is 0 Å². The summed E-state index contributed by atoms with van der Waals surface area (Å²) < 4.78 is 22.8. The lowest BCUT2D eigenvalue weighted by molar-refractivity contribution is 0.115. The maximum Gasteiger partial charge on any atom is 0.371 e. The average Bonchev–Trinajstić information content (AvgIpc) is 2.52. The van der Waals surface area contributed by atoms with Crippen molar-refractivity contribution in [3.63, 3.8) is 0 Å². The molecule has 0 spiro atoms. The smallest absolute Gasteiger partial charge is 0.366 e. The molecule has 0 saturated carbocycles. The van der Waals surface area contributed by atoms with Crippen molar-refractivity contribution < 1.29 is 33.8 Å². The number of rotatable bonds is 4. The van der Waals surface area contributed by atoms with Gasteiger partial charge in [-0.1, -0.05) is 0 Å². The van der Waals surface area contributed by atoms with Crippen LogP contribution in [0.1, 0.15) is 0 Å². The molecule has 9 nitrogen and oxygen atoms in total. The number of aliphatic hydroxyl groups is 1. The van der Waals surface area contributed by atoms with Crippen LogP contribution >= 0.6 is 15.2 Å². The number of aromatic nitrogens is 2. The summed E-state index contributed by atoms with van der Waals surface area (Å²) in [5.74, 6) is 0. The molecule has 0 aliphatic heterocycles. The Hall–Kier alpha value is -0.530. The first-order chi connectivity index (χ1) is 7.08. The molecule has 0 unspecified atom stereocenters. The molecule has 1 heterocycles. The Morgan fingerprint density at radius 2 is 1.69 bits per heavy atom. The molecule has 1 aromatic rings. The van der Waals surface area contributed by atoms with E-state index in [0.29, 0.717) is 0 Å². The Morgan fingerprint density at radius 3 is 2.00 bits per heavy atom. The van der Waals surface area contributed by atoms with Crippen molar-refractivity contribution >= 4 is 15.2 Å². The Balaban J connectivity index is 3.18. The van der Waals surface area contributed by atoms with E-state index < -0.39 is 26.8 Å². The Kier molecular flexibility index (Phi) is 3.42. The van der Waals surface area contributed by atoms with Gasteiger partial charge < -0.3 is 29.2 Å². The molecule has 0 aromatic carbocycles. The zero-order chi connectivity index (χ0) is 12.6. The minimum atomic E-state index is -5.41. The van der Waals surface area contributed by atoms with Crippen LogP contribution in [0.15, 0.2) is 18.7 Å².